The monoisotopic (exact) mass is 730 g/mol. The van der Waals surface area contributed by atoms with Crippen molar-refractivity contribution >= 4 is 11.9 Å². The summed E-state index contributed by atoms with van der Waals surface area (Å²) in [5, 5.41) is 0. The molecule has 0 spiro atoms. The zero-order valence-electron chi connectivity index (χ0n) is 30.8. The largest absolute Gasteiger partial charge is 0.423 e. The van der Waals surface area contributed by atoms with E-state index in [-0.39, 0.29) is 11.6 Å². The average Bonchev–Trinajstić information content (AvgIpc) is 3.21. The molecule has 0 aliphatic carbocycles. The first-order valence-electron chi connectivity index (χ1n) is 18.1. The normalized spacial score (nSPS) is 10.0. The first-order chi connectivity index (χ1) is 26.7. The third-order valence-electron chi connectivity index (χ3n) is 8.32. The highest BCUT2D eigenvalue weighted by molar-refractivity contribution is 5.91. The molecule has 0 aliphatic heterocycles. The van der Waals surface area contributed by atoms with E-state index in [0.717, 1.165) is 28.7 Å². The van der Waals surface area contributed by atoms with Crippen molar-refractivity contribution in [2.45, 2.75) is 46.0 Å². The van der Waals surface area contributed by atoms with E-state index in [4.69, 9.17) is 9.47 Å². The topological polar surface area (TPSA) is 52.6 Å². The van der Waals surface area contributed by atoms with E-state index in [9.17, 15) is 18.4 Å². The number of benzene rings is 6. The van der Waals surface area contributed by atoms with Crippen LogP contribution in [0.5, 0.6) is 11.5 Å². The Balaban J connectivity index is 0.000000214. The first-order valence-corrected chi connectivity index (χ1v) is 18.1. The maximum absolute atomic E-state index is 12.9. The van der Waals surface area contributed by atoms with E-state index in [1.165, 1.54) is 85.3 Å². The lowest BCUT2D eigenvalue weighted by Gasteiger charge is -2.04. The molecule has 0 fully saturated rings. The molecule has 0 unspecified atom stereocenters. The van der Waals surface area contributed by atoms with Crippen LogP contribution in [-0.4, -0.2) is 11.9 Å². The molecule has 0 atom stereocenters. The molecule has 6 heteroatoms. The molecular weight excluding hydrogens is 691 g/mol. The second-order valence-corrected chi connectivity index (χ2v) is 12.7. The Kier molecular flexibility index (Phi) is 14.7. The number of carbonyl (C=O) groups is 2. The highest BCUT2D eigenvalue weighted by Crippen LogP contribution is 2.16. The molecule has 6 aromatic carbocycles. The Morgan fingerprint density at radius 3 is 1.22 bits per heavy atom. The highest BCUT2D eigenvalue weighted by Gasteiger charge is 2.09. The van der Waals surface area contributed by atoms with Gasteiger partial charge in [-0.1, -0.05) is 79.7 Å². The van der Waals surface area contributed by atoms with Gasteiger partial charge in [-0.3, -0.25) is 0 Å². The fourth-order valence-corrected chi connectivity index (χ4v) is 5.15. The molecule has 0 radical (unpaired) electrons. The molecule has 0 heterocycles. The third-order valence-corrected chi connectivity index (χ3v) is 8.32. The van der Waals surface area contributed by atoms with Gasteiger partial charge in [-0.25, -0.2) is 18.4 Å². The number of aryl methyl sites for hydroxylation is 2. The van der Waals surface area contributed by atoms with Crippen molar-refractivity contribution in [3.63, 3.8) is 0 Å². The molecule has 0 saturated heterocycles. The molecule has 4 nitrogen and oxygen atoms in total. The Labute approximate surface area is 321 Å². The van der Waals surface area contributed by atoms with Crippen LogP contribution in [0.15, 0.2) is 146 Å². The summed E-state index contributed by atoms with van der Waals surface area (Å²) >= 11 is 0. The molecule has 274 valence electrons. The van der Waals surface area contributed by atoms with E-state index in [1.54, 1.807) is 48.5 Å². The van der Waals surface area contributed by atoms with Gasteiger partial charge >= 0.3 is 11.9 Å². The van der Waals surface area contributed by atoms with Crippen LogP contribution in [-0.2, 0) is 6.42 Å². The van der Waals surface area contributed by atoms with E-state index < -0.39 is 11.9 Å². The molecule has 0 saturated carbocycles. The van der Waals surface area contributed by atoms with Crippen molar-refractivity contribution in [1.29, 1.82) is 0 Å². The van der Waals surface area contributed by atoms with Crippen molar-refractivity contribution in [2.24, 2.45) is 0 Å². The third kappa shape index (κ3) is 13.3. The summed E-state index contributed by atoms with van der Waals surface area (Å²) in [5.41, 5.74) is 6.88. The van der Waals surface area contributed by atoms with E-state index in [0.29, 0.717) is 22.6 Å². The Morgan fingerprint density at radius 1 is 0.473 bits per heavy atom. The summed E-state index contributed by atoms with van der Waals surface area (Å²) < 4.78 is 36.2. The second-order valence-electron chi connectivity index (χ2n) is 12.7. The number of unbranched alkanes of at least 4 members (excludes halogenated alkanes) is 3. The number of rotatable bonds is 9. The maximum atomic E-state index is 12.9. The van der Waals surface area contributed by atoms with Crippen molar-refractivity contribution in [3.05, 3.63) is 202 Å². The average molecular weight is 731 g/mol. The summed E-state index contributed by atoms with van der Waals surface area (Å²) in [7, 11) is 0. The zero-order chi connectivity index (χ0) is 38.8. The first kappa shape index (κ1) is 39.4. The van der Waals surface area contributed by atoms with Crippen LogP contribution in [0.1, 0.15) is 86.7 Å². The Hall–Kier alpha value is -6.76. The quantitative estimate of drug-likeness (QED) is 0.0643. The van der Waals surface area contributed by atoms with Crippen LogP contribution in [0.3, 0.4) is 0 Å². The van der Waals surface area contributed by atoms with Gasteiger partial charge in [-0.2, -0.15) is 0 Å². The van der Waals surface area contributed by atoms with Gasteiger partial charge in [-0.15, -0.1) is 0 Å². The maximum Gasteiger partial charge on any atom is 0.343 e. The predicted molar refractivity (Wildman–Crippen MR) is 213 cm³/mol. The molecule has 55 heavy (non-hydrogen) atoms. The number of carbonyl (C=O) groups excluding carboxylic acids is 2. The molecular formula is C49H40F2O4. The standard InChI is InChI=1S/C27H25FO2.C22H15FO2/c1-2-3-4-5-6-21-7-9-22(10-8-21)11-12-23-13-15-24(16-14-23)27(29)30-26-19-17-25(28)18-20-26;1-16-2-4-17(5-3-16)6-7-18-8-10-19(11-9-18)22(24)25-21-14-12-20(23)13-15-21/h7-10,13-20H,2-6H2,1H3;2-5,8-15H,1H3. The lowest BCUT2D eigenvalue weighted by molar-refractivity contribution is 0.0725. The minimum absolute atomic E-state index is 0.301. The predicted octanol–water partition coefficient (Wildman–Crippen LogP) is 11.3. The van der Waals surface area contributed by atoms with E-state index in [2.05, 4.69) is 54.9 Å². The lowest BCUT2D eigenvalue weighted by Crippen LogP contribution is -2.08. The minimum atomic E-state index is -0.496. The van der Waals surface area contributed by atoms with Crippen LogP contribution < -0.4 is 9.47 Å². The number of ether oxygens (including phenoxy) is 2. The van der Waals surface area contributed by atoms with Crippen LogP contribution in [0.25, 0.3) is 0 Å². The van der Waals surface area contributed by atoms with Crippen molar-refractivity contribution in [3.8, 4) is 35.2 Å². The number of esters is 2. The smallest absolute Gasteiger partial charge is 0.343 e. The summed E-state index contributed by atoms with van der Waals surface area (Å²) in [5.74, 6) is 11.3. The van der Waals surface area contributed by atoms with Gasteiger partial charge in [-0.05, 0) is 147 Å². The fraction of sp³-hybridized carbons (Fsp3) is 0.143. The van der Waals surface area contributed by atoms with Crippen LogP contribution in [0.4, 0.5) is 8.78 Å². The number of hydrogen-bond donors (Lipinski definition) is 0. The zero-order valence-corrected chi connectivity index (χ0v) is 30.8. The van der Waals surface area contributed by atoms with Crippen molar-refractivity contribution < 1.29 is 27.8 Å². The molecule has 0 amide bonds. The van der Waals surface area contributed by atoms with E-state index in [1.807, 2.05) is 31.2 Å². The second kappa shape index (κ2) is 20.5. The van der Waals surface area contributed by atoms with Gasteiger partial charge in [0.25, 0.3) is 0 Å². The SMILES string of the molecule is CCCCCCc1ccc(C#Cc2ccc(C(=O)Oc3ccc(F)cc3)cc2)cc1.Cc1ccc(C#Cc2ccc(C(=O)Oc3ccc(F)cc3)cc2)cc1. The van der Waals surface area contributed by atoms with Gasteiger partial charge in [0, 0.05) is 22.3 Å². The summed E-state index contributed by atoms with van der Waals surface area (Å²) in [6, 6.07) is 40.8. The molecule has 0 bridgehead atoms. The van der Waals surface area contributed by atoms with Crippen molar-refractivity contribution in [2.75, 3.05) is 0 Å². The molecule has 6 aromatic rings. The van der Waals surface area contributed by atoms with Gasteiger partial charge in [0.05, 0.1) is 11.1 Å². The summed E-state index contributed by atoms with van der Waals surface area (Å²) in [4.78, 5) is 24.3. The molecule has 0 aromatic heterocycles. The number of halogens is 2. The fourth-order valence-electron chi connectivity index (χ4n) is 5.15. The van der Waals surface area contributed by atoms with Gasteiger partial charge in [0.2, 0.25) is 0 Å². The molecule has 0 N–H and O–H groups in total. The van der Waals surface area contributed by atoms with Crippen molar-refractivity contribution in [1.82, 2.24) is 0 Å². The highest BCUT2D eigenvalue weighted by atomic mass is 19.1. The van der Waals surface area contributed by atoms with Crippen LogP contribution in [0.2, 0.25) is 0 Å². The molecule has 6 rings (SSSR count). The van der Waals surface area contributed by atoms with Gasteiger partial charge in [0.15, 0.2) is 0 Å². The summed E-state index contributed by atoms with van der Waals surface area (Å²) in [6.07, 6.45) is 6.18. The summed E-state index contributed by atoms with van der Waals surface area (Å²) in [6.45, 7) is 4.25. The van der Waals surface area contributed by atoms with Crippen LogP contribution >= 0.6 is 0 Å². The minimum Gasteiger partial charge on any atom is -0.423 e. The van der Waals surface area contributed by atoms with E-state index >= 15 is 0 Å². The van der Waals surface area contributed by atoms with Gasteiger partial charge in [0.1, 0.15) is 23.1 Å². The number of hydrogen-bond acceptors (Lipinski definition) is 4. The lowest BCUT2D eigenvalue weighted by atomic mass is 10.0. The molecule has 0 aliphatic rings. The Bertz CT molecular complexity index is 2270. The van der Waals surface area contributed by atoms with Gasteiger partial charge < -0.3 is 9.47 Å². The van der Waals surface area contributed by atoms with Crippen LogP contribution in [0, 0.1) is 42.2 Å². The Morgan fingerprint density at radius 2 is 0.836 bits per heavy atom.